The first-order chi connectivity index (χ1) is 16.5. The number of benzene rings is 2. The van der Waals surface area contributed by atoms with Crippen LogP contribution >= 0.6 is 46.4 Å². The number of nitrogens with one attached hydrogen (secondary N) is 1. The first-order valence-corrected chi connectivity index (χ1v) is 14.4. The van der Waals surface area contributed by atoms with Crippen molar-refractivity contribution in [1.29, 1.82) is 0 Å². The highest BCUT2D eigenvalue weighted by Crippen LogP contribution is 2.29. The summed E-state index contributed by atoms with van der Waals surface area (Å²) in [5, 5.41) is 4.00. The van der Waals surface area contributed by atoms with Crippen molar-refractivity contribution in [2.75, 3.05) is 17.1 Å². The fourth-order valence-electron chi connectivity index (χ4n) is 3.46. The maximum absolute atomic E-state index is 13.7. The summed E-state index contributed by atoms with van der Waals surface area (Å²) in [7, 11) is -3.90. The molecule has 2 aromatic rings. The summed E-state index contributed by atoms with van der Waals surface area (Å²) >= 11 is 24.5. The van der Waals surface area contributed by atoms with E-state index in [9.17, 15) is 18.0 Å². The van der Waals surface area contributed by atoms with Gasteiger partial charge in [-0.1, -0.05) is 59.4 Å². The number of sulfonamides is 1. The maximum atomic E-state index is 13.7. The van der Waals surface area contributed by atoms with Crippen LogP contribution in [0.1, 0.15) is 39.7 Å². The van der Waals surface area contributed by atoms with Gasteiger partial charge >= 0.3 is 0 Å². The van der Waals surface area contributed by atoms with Gasteiger partial charge in [-0.05, 0) is 63.1 Å². The molecule has 0 aromatic heterocycles. The number of amides is 2. The number of hydrogen-bond donors (Lipinski definition) is 1. The molecule has 198 valence electrons. The summed E-state index contributed by atoms with van der Waals surface area (Å²) in [5.74, 6) is -0.975. The Hall–Kier alpha value is -1.71. The molecule has 0 fully saturated rings. The minimum atomic E-state index is -3.90. The minimum absolute atomic E-state index is 0.0378. The lowest BCUT2D eigenvalue weighted by molar-refractivity contribution is -0.141. The molecule has 2 amide bonds. The standard InChI is InChI=1S/C24H29Cl4N3O4S/c1-6-21(23(33)29-24(2,3)4)30(13-15-7-8-16(25)11-19(15)27)22(32)14-31(36(5,34)35)17-9-10-18(26)20(28)12-17/h7-12,21H,6,13-14H2,1-5H3,(H,29,33). The Morgan fingerprint density at radius 3 is 2.11 bits per heavy atom. The maximum Gasteiger partial charge on any atom is 0.244 e. The number of nitrogens with zero attached hydrogens (tertiary/aromatic N) is 2. The minimum Gasteiger partial charge on any atom is -0.350 e. The van der Waals surface area contributed by atoms with Crippen LogP contribution in [0.3, 0.4) is 0 Å². The number of hydrogen-bond acceptors (Lipinski definition) is 4. The van der Waals surface area contributed by atoms with Crippen LogP contribution in [0.5, 0.6) is 0 Å². The molecule has 0 bridgehead atoms. The van der Waals surface area contributed by atoms with Crippen LogP contribution in [0.25, 0.3) is 0 Å². The Morgan fingerprint density at radius 1 is 0.972 bits per heavy atom. The smallest absolute Gasteiger partial charge is 0.244 e. The van der Waals surface area contributed by atoms with E-state index in [1.54, 1.807) is 19.1 Å². The molecule has 0 saturated carbocycles. The molecule has 2 rings (SSSR count). The molecule has 0 aliphatic heterocycles. The molecule has 0 aliphatic rings. The average molecular weight is 597 g/mol. The van der Waals surface area contributed by atoms with E-state index in [1.165, 1.54) is 29.2 Å². The van der Waals surface area contributed by atoms with Gasteiger partial charge in [0.1, 0.15) is 12.6 Å². The third kappa shape index (κ3) is 8.42. The first-order valence-electron chi connectivity index (χ1n) is 11.0. The largest absolute Gasteiger partial charge is 0.350 e. The second-order valence-corrected chi connectivity index (χ2v) is 12.9. The van der Waals surface area contributed by atoms with Crippen molar-refractivity contribution in [2.45, 2.75) is 52.2 Å². The van der Waals surface area contributed by atoms with Crippen molar-refractivity contribution in [3.05, 3.63) is 62.1 Å². The number of halogens is 4. The van der Waals surface area contributed by atoms with E-state index in [-0.39, 0.29) is 34.6 Å². The van der Waals surface area contributed by atoms with Crippen molar-refractivity contribution in [3.63, 3.8) is 0 Å². The molecule has 36 heavy (non-hydrogen) atoms. The van der Waals surface area contributed by atoms with Crippen LogP contribution in [0, 0.1) is 0 Å². The molecule has 1 N–H and O–H groups in total. The van der Waals surface area contributed by atoms with Gasteiger partial charge in [0.2, 0.25) is 21.8 Å². The molecular weight excluding hydrogens is 568 g/mol. The van der Waals surface area contributed by atoms with Crippen LogP contribution in [-0.4, -0.2) is 49.5 Å². The van der Waals surface area contributed by atoms with Crippen molar-refractivity contribution in [3.8, 4) is 0 Å². The Balaban J connectivity index is 2.52. The zero-order chi connectivity index (χ0) is 27.4. The van der Waals surface area contributed by atoms with Crippen LogP contribution in [0.15, 0.2) is 36.4 Å². The van der Waals surface area contributed by atoms with Gasteiger partial charge in [-0.15, -0.1) is 0 Å². The molecule has 0 radical (unpaired) electrons. The second kappa shape index (κ2) is 12.2. The highest BCUT2D eigenvalue weighted by molar-refractivity contribution is 7.92. The fourth-order valence-corrected chi connectivity index (χ4v) is 5.06. The molecule has 7 nitrogen and oxygen atoms in total. The average Bonchev–Trinajstić information content (AvgIpc) is 2.73. The number of rotatable bonds is 9. The van der Waals surface area contributed by atoms with Crippen LogP contribution in [-0.2, 0) is 26.2 Å². The molecule has 2 aromatic carbocycles. The van der Waals surface area contributed by atoms with Gasteiger partial charge in [-0.2, -0.15) is 0 Å². The van der Waals surface area contributed by atoms with E-state index >= 15 is 0 Å². The van der Waals surface area contributed by atoms with Gasteiger partial charge in [0.25, 0.3) is 0 Å². The highest BCUT2D eigenvalue weighted by Gasteiger charge is 2.33. The van der Waals surface area contributed by atoms with Crippen LogP contribution in [0.4, 0.5) is 5.69 Å². The Morgan fingerprint density at radius 2 is 1.61 bits per heavy atom. The summed E-state index contributed by atoms with van der Waals surface area (Å²) in [4.78, 5) is 28.2. The lowest BCUT2D eigenvalue weighted by Gasteiger charge is -2.34. The zero-order valence-electron chi connectivity index (χ0n) is 20.6. The van der Waals surface area contributed by atoms with E-state index < -0.39 is 34.1 Å². The summed E-state index contributed by atoms with van der Waals surface area (Å²) < 4.78 is 26.2. The molecule has 1 atom stereocenters. The summed E-state index contributed by atoms with van der Waals surface area (Å²) in [6.45, 7) is 6.65. The quantitative estimate of drug-likeness (QED) is 0.397. The summed E-state index contributed by atoms with van der Waals surface area (Å²) in [5.41, 5.74) is 0.171. The van der Waals surface area contributed by atoms with Gasteiger partial charge in [-0.25, -0.2) is 8.42 Å². The lowest BCUT2D eigenvalue weighted by atomic mass is 10.1. The molecule has 1 unspecified atom stereocenters. The van der Waals surface area contributed by atoms with E-state index in [4.69, 9.17) is 46.4 Å². The van der Waals surface area contributed by atoms with Gasteiger partial charge in [0.15, 0.2) is 0 Å². The van der Waals surface area contributed by atoms with Crippen molar-refractivity contribution >= 4 is 73.9 Å². The third-order valence-corrected chi connectivity index (χ3v) is 7.58. The Labute approximate surface area is 232 Å². The normalized spacial score (nSPS) is 12.7. The van der Waals surface area contributed by atoms with Gasteiger partial charge in [0.05, 0.1) is 22.0 Å². The topological polar surface area (TPSA) is 86.8 Å². The SMILES string of the molecule is CCC(C(=O)NC(C)(C)C)N(Cc1ccc(Cl)cc1Cl)C(=O)CN(c1ccc(Cl)c(Cl)c1)S(C)(=O)=O. The monoisotopic (exact) mass is 595 g/mol. The molecule has 12 heteroatoms. The van der Waals surface area contributed by atoms with Gasteiger partial charge in [-0.3, -0.25) is 13.9 Å². The molecule has 0 saturated heterocycles. The Bertz CT molecular complexity index is 1230. The van der Waals surface area contributed by atoms with Crippen molar-refractivity contribution in [1.82, 2.24) is 10.2 Å². The number of carbonyl (C=O) groups is 2. The summed E-state index contributed by atoms with van der Waals surface area (Å²) in [6.07, 6.45) is 1.26. The predicted molar refractivity (Wildman–Crippen MR) is 148 cm³/mol. The van der Waals surface area contributed by atoms with Crippen molar-refractivity contribution in [2.24, 2.45) is 0 Å². The highest BCUT2D eigenvalue weighted by atomic mass is 35.5. The molecule has 0 heterocycles. The fraction of sp³-hybridized carbons (Fsp3) is 0.417. The van der Waals surface area contributed by atoms with E-state index in [0.29, 0.717) is 15.6 Å². The van der Waals surface area contributed by atoms with Gasteiger partial charge in [0, 0.05) is 22.1 Å². The predicted octanol–water partition coefficient (Wildman–Crippen LogP) is 5.79. The van der Waals surface area contributed by atoms with E-state index in [0.717, 1.165) is 10.6 Å². The second-order valence-electron chi connectivity index (χ2n) is 9.29. The third-order valence-electron chi connectivity index (χ3n) is 5.11. The van der Waals surface area contributed by atoms with E-state index in [2.05, 4.69) is 5.32 Å². The van der Waals surface area contributed by atoms with E-state index in [1.807, 2.05) is 20.8 Å². The van der Waals surface area contributed by atoms with Crippen LogP contribution < -0.4 is 9.62 Å². The number of carbonyl (C=O) groups excluding carboxylic acids is 2. The van der Waals surface area contributed by atoms with Gasteiger partial charge < -0.3 is 10.2 Å². The zero-order valence-corrected chi connectivity index (χ0v) is 24.5. The van der Waals surface area contributed by atoms with Crippen molar-refractivity contribution < 1.29 is 18.0 Å². The van der Waals surface area contributed by atoms with Crippen LogP contribution in [0.2, 0.25) is 20.1 Å². The summed E-state index contributed by atoms with van der Waals surface area (Å²) in [6, 6.07) is 8.19. The number of anilines is 1. The molecule has 0 spiro atoms. The lowest BCUT2D eigenvalue weighted by Crippen LogP contribution is -2.55. The molecular formula is C24H29Cl4N3O4S. The first kappa shape index (κ1) is 30.5. The Kier molecular flexibility index (Phi) is 10.4. The molecule has 0 aliphatic carbocycles.